The van der Waals surface area contributed by atoms with Gasteiger partial charge in [0.05, 0.1) is 16.6 Å². The smallest absolute Gasteiger partial charge is 0.266 e. The molecule has 6 nitrogen and oxygen atoms in total. The first-order chi connectivity index (χ1) is 11.0. The number of fused-ring (bicyclic) bond motifs is 3. The van der Waals surface area contributed by atoms with Gasteiger partial charge in [0, 0.05) is 11.9 Å². The molecule has 3 heterocycles. The number of hydrogen-bond donors (Lipinski definition) is 0. The van der Waals surface area contributed by atoms with Gasteiger partial charge in [0.1, 0.15) is 6.33 Å². The summed E-state index contributed by atoms with van der Waals surface area (Å²) in [5.74, 6) is 0.499. The highest BCUT2D eigenvalue weighted by Gasteiger charge is 2.13. The molecule has 0 aliphatic rings. The van der Waals surface area contributed by atoms with Gasteiger partial charge >= 0.3 is 0 Å². The van der Waals surface area contributed by atoms with Crippen molar-refractivity contribution in [2.24, 2.45) is 0 Å². The Balaban J connectivity index is 2.10. The topological polar surface area (TPSA) is 65.1 Å². The lowest BCUT2D eigenvalue weighted by Crippen LogP contribution is -2.20. The second kappa shape index (κ2) is 4.74. The Kier molecular flexibility index (Phi) is 2.81. The highest BCUT2D eigenvalue weighted by Crippen LogP contribution is 2.17. The quantitative estimate of drug-likeness (QED) is 0.541. The van der Waals surface area contributed by atoms with Crippen LogP contribution in [0.15, 0.2) is 41.6 Å². The van der Waals surface area contributed by atoms with Crippen LogP contribution in [0.25, 0.3) is 22.4 Å². The lowest BCUT2D eigenvalue weighted by atomic mass is 10.1. The maximum absolute atomic E-state index is 13.0. The van der Waals surface area contributed by atoms with Crippen LogP contribution >= 0.6 is 0 Å². The fourth-order valence-electron chi connectivity index (χ4n) is 3.02. The lowest BCUT2D eigenvalue weighted by molar-refractivity contribution is 0.948. The molecule has 0 N–H and O–H groups in total. The van der Waals surface area contributed by atoms with Gasteiger partial charge in [0.25, 0.3) is 11.3 Å². The zero-order valence-electron chi connectivity index (χ0n) is 13.1. The van der Waals surface area contributed by atoms with Crippen LogP contribution < -0.4 is 5.56 Å². The van der Waals surface area contributed by atoms with Gasteiger partial charge in [0.2, 0.25) is 0 Å². The van der Waals surface area contributed by atoms with Crippen molar-refractivity contribution in [3.8, 4) is 5.69 Å². The lowest BCUT2D eigenvalue weighted by Gasteiger charge is -2.11. The molecule has 4 rings (SSSR count). The third kappa shape index (κ3) is 2.03. The first-order valence-corrected chi connectivity index (χ1v) is 7.35. The van der Waals surface area contributed by atoms with Crippen molar-refractivity contribution in [2.45, 2.75) is 20.8 Å². The van der Waals surface area contributed by atoms with Crippen molar-refractivity contribution >= 4 is 16.7 Å². The highest BCUT2D eigenvalue weighted by atomic mass is 16.1. The maximum atomic E-state index is 13.0. The van der Waals surface area contributed by atoms with Gasteiger partial charge in [-0.1, -0.05) is 6.07 Å². The molecule has 4 aromatic rings. The van der Waals surface area contributed by atoms with Crippen LogP contribution in [0.1, 0.15) is 16.8 Å². The molecule has 0 saturated carbocycles. The van der Waals surface area contributed by atoms with Gasteiger partial charge < -0.3 is 0 Å². The monoisotopic (exact) mass is 305 g/mol. The van der Waals surface area contributed by atoms with Crippen molar-refractivity contribution in [3.63, 3.8) is 0 Å². The van der Waals surface area contributed by atoms with Crippen molar-refractivity contribution in [2.75, 3.05) is 0 Å². The summed E-state index contributed by atoms with van der Waals surface area (Å²) in [6, 6.07) is 7.96. The summed E-state index contributed by atoms with van der Waals surface area (Å²) in [6.07, 6.45) is 3.22. The van der Waals surface area contributed by atoms with Gasteiger partial charge in [-0.2, -0.15) is 14.6 Å². The summed E-state index contributed by atoms with van der Waals surface area (Å²) in [4.78, 5) is 21.5. The summed E-state index contributed by atoms with van der Waals surface area (Å²) in [5.41, 5.74) is 4.37. The molecule has 23 heavy (non-hydrogen) atoms. The molecule has 3 aromatic heterocycles. The van der Waals surface area contributed by atoms with Crippen LogP contribution in [0.4, 0.5) is 0 Å². The summed E-state index contributed by atoms with van der Waals surface area (Å²) < 4.78 is 3.25. The molecule has 0 atom stereocenters. The largest absolute Gasteiger partial charge is 0.284 e. The van der Waals surface area contributed by atoms with Crippen LogP contribution in [-0.4, -0.2) is 24.1 Å². The second-order valence-corrected chi connectivity index (χ2v) is 5.77. The molecule has 114 valence electrons. The minimum Gasteiger partial charge on any atom is -0.284 e. The molecular formula is C17H15N5O. The van der Waals surface area contributed by atoms with E-state index in [1.165, 1.54) is 6.33 Å². The van der Waals surface area contributed by atoms with Gasteiger partial charge in [0.15, 0.2) is 0 Å². The highest BCUT2D eigenvalue weighted by molar-refractivity contribution is 5.82. The van der Waals surface area contributed by atoms with Crippen molar-refractivity contribution in [1.29, 1.82) is 0 Å². The summed E-state index contributed by atoms with van der Waals surface area (Å²) >= 11 is 0. The fourth-order valence-corrected chi connectivity index (χ4v) is 3.02. The zero-order valence-corrected chi connectivity index (χ0v) is 13.1. The standard InChI is InChI=1S/C17H15N5O/c1-10-6-11(2)8-13(7-10)21-5-4-14-15(16(21)23)12(3)20-17-18-9-19-22(14)17/h4-9H,1-3H3. The molecule has 0 unspecified atom stereocenters. The SMILES string of the molecule is Cc1cc(C)cc(-n2ccc3c(c(C)nc4ncnn43)c2=O)c1. The Hall–Kier alpha value is -3.02. The maximum Gasteiger partial charge on any atom is 0.266 e. The summed E-state index contributed by atoms with van der Waals surface area (Å²) in [6.45, 7) is 5.87. The van der Waals surface area contributed by atoms with E-state index in [-0.39, 0.29) is 5.56 Å². The van der Waals surface area contributed by atoms with E-state index in [2.05, 4.69) is 21.1 Å². The van der Waals surface area contributed by atoms with Gasteiger partial charge in [-0.05, 0) is 50.1 Å². The molecule has 0 amide bonds. The average molecular weight is 305 g/mol. The molecular weight excluding hydrogens is 290 g/mol. The Labute approximate surface area is 132 Å². The molecule has 1 aromatic carbocycles. The Morgan fingerprint density at radius 3 is 2.52 bits per heavy atom. The molecule has 6 heteroatoms. The van der Waals surface area contributed by atoms with E-state index in [4.69, 9.17) is 0 Å². The predicted octanol–water partition coefficient (Wildman–Crippen LogP) is 2.35. The normalized spacial score (nSPS) is 11.4. The minimum atomic E-state index is -0.102. The van der Waals surface area contributed by atoms with Gasteiger partial charge in [-0.3, -0.25) is 9.36 Å². The van der Waals surface area contributed by atoms with Gasteiger partial charge in [-0.25, -0.2) is 4.98 Å². The number of aromatic nitrogens is 5. The molecule has 0 spiro atoms. The molecule has 0 aliphatic heterocycles. The van der Waals surface area contributed by atoms with Crippen LogP contribution in [0.2, 0.25) is 0 Å². The van der Waals surface area contributed by atoms with E-state index in [1.54, 1.807) is 15.3 Å². The van der Waals surface area contributed by atoms with Crippen LogP contribution in [-0.2, 0) is 0 Å². The number of benzene rings is 1. The molecule has 0 bridgehead atoms. The summed E-state index contributed by atoms with van der Waals surface area (Å²) in [5, 5.41) is 4.71. The predicted molar refractivity (Wildman–Crippen MR) is 88.1 cm³/mol. The number of aryl methyl sites for hydroxylation is 3. The average Bonchev–Trinajstić information content (AvgIpc) is 2.94. The Morgan fingerprint density at radius 2 is 1.78 bits per heavy atom. The Bertz CT molecular complexity index is 1100. The number of rotatable bonds is 1. The third-order valence-corrected chi connectivity index (χ3v) is 3.94. The number of pyridine rings is 1. The molecule has 0 fully saturated rings. The van der Waals surface area contributed by atoms with E-state index in [9.17, 15) is 4.79 Å². The van der Waals surface area contributed by atoms with E-state index in [0.29, 0.717) is 16.9 Å². The third-order valence-electron chi connectivity index (χ3n) is 3.94. The van der Waals surface area contributed by atoms with E-state index >= 15 is 0 Å². The van der Waals surface area contributed by atoms with Crippen LogP contribution in [0.5, 0.6) is 0 Å². The Morgan fingerprint density at radius 1 is 1.04 bits per heavy atom. The van der Waals surface area contributed by atoms with E-state index in [1.807, 2.05) is 39.0 Å². The van der Waals surface area contributed by atoms with Crippen molar-refractivity contribution in [3.05, 3.63) is 64.0 Å². The number of nitrogens with zero attached hydrogens (tertiary/aromatic N) is 5. The van der Waals surface area contributed by atoms with Crippen LogP contribution in [0, 0.1) is 20.8 Å². The van der Waals surface area contributed by atoms with Gasteiger partial charge in [-0.15, -0.1) is 0 Å². The van der Waals surface area contributed by atoms with E-state index < -0.39 is 0 Å². The first kappa shape index (κ1) is 13.6. The number of hydrogen-bond acceptors (Lipinski definition) is 4. The van der Waals surface area contributed by atoms with Crippen molar-refractivity contribution < 1.29 is 0 Å². The van der Waals surface area contributed by atoms with E-state index in [0.717, 1.165) is 22.3 Å². The molecule has 0 saturated heterocycles. The van der Waals surface area contributed by atoms with Crippen LogP contribution in [0.3, 0.4) is 0 Å². The molecule has 0 radical (unpaired) electrons. The first-order valence-electron chi connectivity index (χ1n) is 7.35. The second-order valence-electron chi connectivity index (χ2n) is 5.77. The summed E-state index contributed by atoms with van der Waals surface area (Å²) in [7, 11) is 0. The fraction of sp³-hybridized carbons (Fsp3) is 0.176. The minimum absolute atomic E-state index is 0.102. The zero-order chi connectivity index (χ0) is 16.1. The molecule has 0 aliphatic carbocycles. The van der Waals surface area contributed by atoms with Crippen molar-refractivity contribution in [1.82, 2.24) is 24.1 Å².